The Kier molecular flexibility index (Phi) is 7.97. The fraction of sp³-hybridized carbons (Fsp3) is 0.480. The van der Waals surface area contributed by atoms with Gasteiger partial charge in [0.05, 0.1) is 12.6 Å². The van der Waals surface area contributed by atoms with Crippen LogP contribution in [0.25, 0.3) is 0 Å². The van der Waals surface area contributed by atoms with Crippen LogP contribution in [-0.2, 0) is 4.74 Å². The fourth-order valence-electron chi connectivity index (χ4n) is 3.85. The quantitative estimate of drug-likeness (QED) is 0.438. The van der Waals surface area contributed by atoms with E-state index in [0.29, 0.717) is 6.61 Å². The van der Waals surface area contributed by atoms with Gasteiger partial charge in [-0.3, -0.25) is 0 Å². The Morgan fingerprint density at radius 1 is 0.931 bits per heavy atom. The van der Waals surface area contributed by atoms with Crippen LogP contribution in [0.4, 0.5) is 4.79 Å². The molecule has 0 aromatic heterocycles. The zero-order valence-electron chi connectivity index (χ0n) is 17.7. The number of hydrogen-bond donors (Lipinski definition) is 1. The van der Waals surface area contributed by atoms with Gasteiger partial charge in [0.15, 0.2) is 0 Å². The van der Waals surface area contributed by atoms with Gasteiger partial charge in [-0.15, -0.1) is 0 Å². The maximum absolute atomic E-state index is 12.4. The highest BCUT2D eigenvalue weighted by atomic mass is 16.5. The molecule has 4 heteroatoms. The lowest BCUT2D eigenvalue weighted by molar-refractivity contribution is 0.141. The van der Waals surface area contributed by atoms with Crippen molar-refractivity contribution in [3.05, 3.63) is 59.2 Å². The highest BCUT2D eigenvalue weighted by molar-refractivity contribution is 5.70. The highest BCUT2D eigenvalue weighted by Crippen LogP contribution is 2.44. The van der Waals surface area contributed by atoms with E-state index in [4.69, 9.17) is 9.47 Å². The van der Waals surface area contributed by atoms with Crippen LogP contribution in [-0.4, -0.2) is 12.7 Å². The Morgan fingerprint density at radius 2 is 1.62 bits per heavy atom. The van der Waals surface area contributed by atoms with Crippen LogP contribution >= 0.6 is 0 Å². The molecule has 0 radical (unpaired) electrons. The van der Waals surface area contributed by atoms with Gasteiger partial charge in [0, 0.05) is 11.1 Å². The first-order chi connectivity index (χ1) is 14.2. The van der Waals surface area contributed by atoms with Crippen molar-refractivity contribution < 1.29 is 14.3 Å². The predicted molar refractivity (Wildman–Crippen MR) is 117 cm³/mol. The summed E-state index contributed by atoms with van der Waals surface area (Å²) in [4.78, 5) is 12.4. The molecule has 2 aromatic rings. The summed E-state index contributed by atoms with van der Waals surface area (Å²) in [6.45, 7) is 4.72. The molecule has 4 nitrogen and oxygen atoms in total. The van der Waals surface area contributed by atoms with Gasteiger partial charge in [-0.25, -0.2) is 4.79 Å². The summed E-state index contributed by atoms with van der Waals surface area (Å²) in [5, 5.41) is 3.04. The third-order valence-electron chi connectivity index (χ3n) is 5.49. The number of hydrogen-bond acceptors (Lipinski definition) is 3. The molecule has 1 amide bonds. The van der Waals surface area contributed by atoms with Gasteiger partial charge in [0.2, 0.25) is 0 Å². The average molecular weight is 396 g/mol. The lowest BCUT2D eigenvalue weighted by atomic mass is 9.93. The second kappa shape index (κ2) is 10.9. The molecular weight excluding hydrogens is 362 g/mol. The molecule has 1 atom stereocenters. The zero-order valence-corrected chi connectivity index (χ0v) is 17.7. The molecule has 0 bridgehead atoms. The Hall–Kier alpha value is -2.49. The lowest BCUT2D eigenvalue weighted by Gasteiger charge is -2.29. The summed E-state index contributed by atoms with van der Waals surface area (Å²) in [5.41, 5.74) is 2.97. The first-order valence-electron chi connectivity index (χ1n) is 11.0. The average Bonchev–Trinajstić information content (AvgIpc) is 2.73. The van der Waals surface area contributed by atoms with Gasteiger partial charge in [-0.05, 0) is 25.0 Å². The first kappa shape index (κ1) is 21.2. The normalized spacial score (nSPS) is 14.5. The molecule has 0 saturated carbocycles. The summed E-state index contributed by atoms with van der Waals surface area (Å²) in [7, 11) is 0. The first-order valence-corrected chi connectivity index (χ1v) is 11.0. The van der Waals surface area contributed by atoms with Crippen molar-refractivity contribution in [2.45, 2.75) is 71.3 Å². The maximum Gasteiger partial charge on any atom is 0.407 e. The number of carbonyl (C=O) groups excluding carboxylic acids is 1. The fourth-order valence-corrected chi connectivity index (χ4v) is 3.85. The number of carbonyl (C=O) groups is 1. The zero-order chi connectivity index (χ0) is 20.5. The van der Waals surface area contributed by atoms with Crippen molar-refractivity contribution in [1.82, 2.24) is 5.32 Å². The van der Waals surface area contributed by atoms with Crippen molar-refractivity contribution in [2.75, 3.05) is 6.61 Å². The molecule has 29 heavy (non-hydrogen) atoms. The van der Waals surface area contributed by atoms with E-state index in [1.807, 2.05) is 49.4 Å². The van der Waals surface area contributed by atoms with Crippen LogP contribution in [0.2, 0.25) is 0 Å². The molecule has 1 aliphatic rings. The van der Waals surface area contributed by atoms with Gasteiger partial charge in [0.1, 0.15) is 11.5 Å². The second-order valence-electron chi connectivity index (χ2n) is 7.82. The van der Waals surface area contributed by atoms with Crippen LogP contribution in [0, 0.1) is 6.92 Å². The maximum atomic E-state index is 12.4. The number of benzene rings is 2. The molecule has 0 spiro atoms. The van der Waals surface area contributed by atoms with Gasteiger partial charge >= 0.3 is 6.09 Å². The van der Waals surface area contributed by atoms with Gasteiger partial charge in [-0.1, -0.05) is 88.3 Å². The van der Waals surface area contributed by atoms with Gasteiger partial charge < -0.3 is 14.8 Å². The van der Waals surface area contributed by atoms with Crippen molar-refractivity contribution in [1.29, 1.82) is 0 Å². The number of amides is 1. The van der Waals surface area contributed by atoms with E-state index >= 15 is 0 Å². The summed E-state index contributed by atoms with van der Waals surface area (Å²) in [6, 6.07) is 13.6. The van der Waals surface area contributed by atoms with Gasteiger partial charge in [-0.2, -0.15) is 0 Å². The summed E-state index contributed by atoms with van der Waals surface area (Å²) in [6.07, 6.45) is 9.42. The molecule has 3 rings (SSSR count). The largest absolute Gasteiger partial charge is 0.456 e. The number of nitrogens with one attached hydrogen (secondary N) is 1. The minimum atomic E-state index is -0.373. The molecule has 2 aromatic carbocycles. The van der Waals surface area contributed by atoms with E-state index in [1.54, 1.807) is 0 Å². The van der Waals surface area contributed by atoms with E-state index in [-0.39, 0.29) is 12.1 Å². The third-order valence-corrected chi connectivity index (χ3v) is 5.49. The smallest absolute Gasteiger partial charge is 0.407 e. The number of para-hydroxylation sites is 2. The predicted octanol–water partition coefficient (Wildman–Crippen LogP) is 7.06. The number of fused-ring (bicyclic) bond motifs is 2. The standard InChI is InChI=1S/C25H33NO3/c1-3-4-5-6-7-8-9-12-18-28-25(27)26-23-20-15-10-11-17-22(20)29-24-19(2)14-13-16-21(23)24/h10-11,13-17,23H,3-9,12,18H2,1-2H3,(H,26,27)/t23-/m0/s1. The van der Waals surface area contributed by atoms with E-state index < -0.39 is 0 Å². The van der Waals surface area contributed by atoms with Crippen LogP contribution in [0.1, 0.15) is 81.0 Å². The monoisotopic (exact) mass is 395 g/mol. The number of unbranched alkanes of at least 4 members (excludes halogenated alkanes) is 7. The van der Waals surface area contributed by atoms with Crippen LogP contribution in [0.3, 0.4) is 0 Å². The summed E-state index contributed by atoms with van der Waals surface area (Å²) >= 11 is 0. The Morgan fingerprint density at radius 3 is 2.41 bits per heavy atom. The Labute approximate surface area is 174 Å². The molecule has 0 saturated heterocycles. The molecule has 0 unspecified atom stereocenters. The molecule has 0 aliphatic carbocycles. The molecule has 1 heterocycles. The summed E-state index contributed by atoms with van der Waals surface area (Å²) < 4.78 is 11.5. The molecule has 1 N–H and O–H groups in total. The van der Waals surface area contributed by atoms with Crippen molar-refractivity contribution >= 4 is 6.09 Å². The number of alkyl carbamates (subject to hydrolysis) is 1. The SMILES string of the molecule is CCCCCCCCCCOC(=O)N[C@H]1c2ccccc2Oc2c(C)cccc21. The minimum absolute atomic E-state index is 0.263. The molecular formula is C25H33NO3. The highest BCUT2D eigenvalue weighted by Gasteiger charge is 2.29. The van der Waals surface area contributed by atoms with E-state index in [1.165, 1.54) is 38.5 Å². The Bertz CT molecular complexity index is 802. The molecule has 0 fully saturated rings. The van der Waals surface area contributed by atoms with Crippen LogP contribution in [0.5, 0.6) is 11.5 Å². The molecule has 156 valence electrons. The molecule has 1 aliphatic heterocycles. The van der Waals surface area contributed by atoms with E-state index in [0.717, 1.165) is 41.0 Å². The number of rotatable bonds is 10. The lowest BCUT2D eigenvalue weighted by Crippen LogP contribution is -2.32. The van der Waals surface area contributed by atoms with Crippen molar-refractivity contribution in [2.24, 2.45) is 0 Å². The van der Waals surface area contributed by atoms with E-state index in [9.17, 15) is 4.79 Å². The van der Waals surface area contributed by atoms with Crippen LogP contribution < -0.4 is 10.1 Å². The second-order valence-corrected chi connectivity index (χ2v) is 7.82. The topological polar surface area (TPSA) is 47.6 Å². The minimum Gasteiger partial charge on any atom is -0.456 e. The van der Waals surface area contributed by atoms with Crippen molar-refractivity contribution in [3.8, 4) is 11.5 Å². The van der Waals surface area contributed by atoms with Crippen LogP contribution in [0.15, 0.2) is 42.5 Å². The third kappa shape index (κ3) is 5.75. The Balaban J connectivity index is 1.50. The number of aryl methyl sites for hydroxylation is 1. The number of ether oxygens (including phenoxy) is 2. The summed E-state index contributed by atoms with van der Waals surface area (Å²) in [5.74, 6) is 1.60. The van der Waals surface area contributed by atoms with Gasteiger partial charge in [0.25, 0.3) is 0 Å². The van der Waals surface area contributed by atoms with Crippen molar-refractivity contribution in [3.63, 3.8) is 0 Å². The van der Waals surface area contributed by atoms with E-state index in [2.05, 4.69) is 12.2 Å².